The summed E-state index contributed by atoms with van der Waals surface area (Å²) in [6.45, 7) is 14.1. The predicted molar refractivity (Wildman–Crippen MR) is 367 cm³/mol. The molecule has 0 aromatic rings. The minimum absolute atomic E-state index is 0.103. The molecule has 0 fully saturated rings. The molecule has 91 heavy (non-hydrogen) atoms. The van der Waals surface area contributed by atoms with Crippen molar-refractivity contribution in [1.82, 2.24) is 0 Å². The second-order valence-corrected chi connectivity index (χ2v) is 30.8. The van der Waals surface area contributed by atoms with Gasteiger partial charge in [-0.2, -0.15) is 0 Å². The van der Waals surface area contributed by atoms with Crippen molar-refractivity contribution in [2.24, 2.45) is 23.7 Å². The Balaban J connectivity index is 5.18. The van der Waals surface area contributed by atoms with Crippen molar-refractivity contribution in [3.63, 3.8) is 0 Å². The van der Waals surface area contributed by atoms with Gasteiger partial charge in [0.15, 0.2) is 12.2 Å². The molecule has 0 spiro atoms. The first-order valence-electron chi connectivity index (χ1n) is 37.2. The molecule has 0 aromatic heterocycles. The SMILES string of the molecule is CC(C)CCCCCCCCCCCCCCCCCCC(=O)OC[C@H](COP(=O)(O)OCC(O)COP(=O)(O)OC[C@@H](COC(=O)CCCCCCCCCC(C)C)OC(=O)CCCCCCCCCCC(C)C)OC(=O)CCCCCCCCCCC(C)C. The standard InChI is InChI=1S/C72H140O17P2/c1-62(2)48-40-32-24-17-15-13-11-9-10-12-14-16-18-28-36-44-52-69(74)82-58-67(88-71(76)54-46-38-29-21-19-25-33-41-49-63(3)4)60-86-90(78,79)84-56-66(73)57-85-91(80,81)87-61-68(59-83-70(75)53-45-37-31-23-27-35-43-51-65(7)8)89-72(77)55-47-39-30-22-20-26-34-42-50-64(5)6/h62-68,73H,9-61H2,1-8H3,(H,78,79)(H,80,81)/t66?,67-,68-/m1/s1. The number of rotatable bonds is 69. The molecule has 0 saturated heterocycles. The Hall–Kier alpha value is -1.94. The molecule has 0 heterocycles. The summed E-state index contributed by atoms with van der Waals surface area (Å²) in [5.41, 5.74) is 0. The van der Waals surface area contributed by atoms with Crippen LogP contribution in [-0.2, 0) is 65.4 Å². The molecule has 17 nitrogen and oxygen atoms in total. The average Bonchev–Trinajstić information content (AvgIpc) is 3.46. The Labute approximate surface area is 556 Å². The van der Waals surface area contributed by atoms with E-state index in [9.17, 15) is 43.2 Å². The molecule has 0 aliphatic rings. The minimum Gasteiger partial charge on any atom is -0.462 e. The highest BCUT2D eigenvalue weighted by molar-refractivity contribution is 7.47. The molecule has 5 atom stereocenters. The topological polar surface area (TPSA) is 237 Å². The van der Waals surface area contributed by atoms with Crippen LogP contribution >= 0.6 is 15.6 Å². The summed E-state index contributed by atoms with van der Waals surface area (Å²) in [4.78, 5) is 72.5. The maximum absolute atomic E-state index is 13.0. The molecule has 3 unspecified atom stereocenters. The van der Waals surface area contributed by atoms with Gasteiger partial charge < -0.3 is 33.8 Å². The van der Waals surface area contributed by atoms with Crippen molar-refractivity contribution in [2.45, 2.75) is 375 Å². The number of carbonyl (C=O) groups is 4. The van der Waals surface area contributed by atoms with Crippen LogP contribution in [0.1, 0.15) is 357 Å². The van der Waals surface area contributed by atoms with Crippen molar-refractivity contribution in [3.05, 3.63) is 0 Å². The molecule has 0 rings (SSSR count). The van der Waals surface area contributed by atoms with E-state index in [1.807, 2.05) is 0 Å². The number of aliphatic hydroxyl groups excluding tert-OH is 1. The van der Waals surface area contributed by atoms with Gasteiger partial charge in [0.1, 0.15) is 19.3 Å². The highest BCUT2D eigenvalue weighted by Gasteiger charge is 2.30. The smallest absolute Gasteiger partial charge is 0.462 e. The highest BCUT2D eigenvalue weighted by Crippen LogP contribution is 2.45. The second-order valence-electron chi connectivity index (χ2n) is 27.9. The van der Waals surface area contributed by atoms with Crippen LogP contribution in [0.4, 0.5) is 0 Å². The number of aliphatic hydroxyl groups is 1. The molecule has 0 aliphatic carbocycles. The molecule has 0 radical (unpaired) electrons. The summed E-state index contributed by atoms with van der Waals surface area (Å²) >= 11 is 0. The van der Waals surface area contributed by atoms with E-state index in [4.69, 9.17) is 37.0 Å². The second kappa shape index (κ2) is 61.6. The first-order chi connectivity index (χ1) is 43.6. The fourth-order valence-electron chi connectivity index (χ4n) is 10.8. The molecule has 0 amide bonds. The van der Waals surface area contributed by atoms with Crippen LogP contribution in [0.5, 0.6) is 0 Å². The van der Waals surface area contributed by atoms with Gasteiger partial charge in [0.2, 0.25) is 0 Å². The van der Waals surface area contributed by atoms with Crippen molar-refractivity contribution < 1.29 is 80.2 Å². The predicted octanol–water partition coefficient (Wildman–Crippen LogP) is 20.5. The van der Waals surface area contributed by atoms with Crippen LogP contribution in [-0.4, -0.2) is 96.7 Å². The average molecular weight is 1340 g/mol. The minimum atomic E-state index is -4.95. The van der Waals surface area contributed by atoms with Gasteiger partial charge >= 0.3 is 39.5 Å². The Morgan fingerprint density at radius 1 is 0.275 bits per heavy atom. The van der Waals surface area contributed by atoms with Crippen LogP contribution in [0.2, 0.25) is 0 Å². The molecule has 0 saturated carbocycles. The summed E-state index contributed by atoms with van der Waals surface area (Å²) in [5.74, 6) is 0.823. The molecule has 540 valence electrons. The van der Waals surface area contributed by atoms with Crippen molar-refractivity contribution in [3.8, 4) is 0 Å². The third kappa shape index (κ3) is 66.5. The van der Waals surface area contributed by atoms with E-state index in [-0.39, 0.29) is 25.7 Å². The normalized spacial score (nSPS) is 14.2. The summed E-state index contributed by atoms with van der Waals surface area (Å²) in [6.07, 6.45) is 44.7. The third-order valence-electron chi connectivity index (χ3n) is 16.6. The van der Waals surface area contributed by atoms with Crippen molar-refractivity contribution >= 4 is 39.5 Å². The lowest BCUT2D eigenvalue weighted by atomic mass is 10.0. The van der Waals surface area contributed by atoms with E-state index in [1.54, 1.807) is 0 Å². The number of unbranched alkanes of at least 4 members (excludes halogenated alkanes) is 35. The Morgan fingerprint density at radius 2 is 0.462 bits per heavy atom. The van der Waals surface area contributed by atoms with Gasteiger partial charge in [-0.1, -0.05) is 306 Å². The van der Waals surface area contributed by atoms with Gasteiger partial charge in [-0.3, -0.25) is 37.3 Å². The fourth-order valence-corrected chi connectivity index (χ4v) is 12.4. The first-order valence-corrected chi connectivity index (χ1v) is 40.2. The van der Waals surface area contributed by atoms with Crippen LogP contribution in [0.25, 0.3) is 0 Å². The molecule has 0 aromatic carbocycles. The number of esters is 4. The summed E-state index contributed by atoms with van der Waals surface area (Å²) in [5, 5.41) is 10.6. The number of ether oxygens (including phenoxy) is 4. The Morgan fingerprint density at radius 3 is 0.681 bits per heavy atom. The number of hydrogen-bond donors (Lipinski definition) is 3. The van der Waals surface area contributed by atoms with Crippen LogP contribution in [0.15, 0.2) is 0 Å². The lowest BCUT2D eigenvalue weighted by Gasteiger charge is -2.21. The summed E-state index contributed by atoms with van der Waals surface area (Å²) < 4.78 is 68.3. The van der Waals surface area contributed by atoms with Gasteiger partial charge in [0.25, 0.3) is 0 Å². The number of hydrogen-bond acceptors (Lipinski definition) is 15. The zero-order valence-electron chi connectivity index (χ0n) is 59.5. The number of carbonyl (C=O) groups excluding carboxylic acids is 4. The largest absolute Gasteiger partial charge is 0.472 e. The lowest BCUT2D eigenvalue weighted by molar-refractivity contribution is -0.161. The van der Waals surface area contributed by atoms with Gasteiger partial charge in [-0.15, -0.1) is 0 Å². The number of phosphoric ester groups is 2. The molecular formula is C72H140O17P2. The monoisotopic (exact) mass is 1340 g/mol. The lowest BCUT2D eigenvalue weighted by Crippen LogP contribution is -2.30. The van der Waals surface area contributed by atoms with Crippen molar-refractivity contribution in [2.75, 3.05) is 39.6 Å². The maximum Gasteiger partial charge on any atom is 0.472 e. The zero-order chi connectivity index (χ0) is 67.5. The Bertz CT molecular complexity index is 1800. The molecular weight excluding hydrogens is 1200 g/mol. The van der Waals surface area contributed by atoms with Crippen LogP contribution in [0.3, 0.4) is 0 Å². The van der Waals surface area contributed by atoms with E-state index in [0.717, 1.165) is 114 Å². The molecule has 19 heteroatoms. The van der Waals surface area contributed by atoms with Crippen molar-refractivity contribution in [1.29, 1.82) is 0 Å². The number of phosphoric acid groups is 2. The first kappa shape index (κ1) is 89.1. The van der Waals surface area contributed by atoms with Gasteiger partial charge in [0.05, 0.1) is 26.4 Å². The Kier molecular flexibility index (Phi) is 60.3. The quantitative estimate of drug-likeness (QED) is 0.0222. The van der Waals surface area contributed by atoms with E-state index < -0.39 is 97.5 Å². The molecule has 3 N–H and O–H groups in total. The molecule has 0 bridgehead atoms. The van der Waals surface area contributed by atoms with E-state index in [0.29, 0.717) is 31.6 Å². The van der Waals surface area contributed by atoms with Gasteiger partial charge in [-0.05, 0) is 49.4 Å². The summed E-state index contributed by atoms with van der Waals surface area (Å²) in [7, 11) is -9.90. The van der Waals surface area contributed by atoms with Gasteiger partial charge in [-0.25, -0.2) is 9.13 Å². The van der Waals surface area contributed by atoms with Crippen LogP contribution < -0.4 is 0 Å². The van der Waals surface area contributed by atoms with Gasteiger partial charge in [0, 0.05) is 25.7 Å². The van der Waals surface area contributed by atoms with E-state index >= 15 is 0 Å². The summed E-state index contributed by atoms with van der Waals surface area (Å²) in [6, 6.07) is 0. The fraction of sp³-hybridized carbons (Fsp3) is 0.944. The highest BCUT2D eigenvalue weighted by atomic mass is 31.2. The molecule has 0 aliphatic heterocycles. The van der Waals surface area contributed by atoms with E-state index in [1.165, 1.54) is 154 Å². The van der Waals surface area contributed by atoms with Crippen LogP contribution in [0, 0.1) is 23.7 Å². The van der Waals surface area contributed by atoms with E-state index in [2.05, 4.69) is 55.4 Å². The maximum atomic E-state index is 13.0. The zero-order valence-corrected chi connectivity index (χ0v) is 61.3. The third-order valence-corrected chi connectivity index (χ3v) is 18.5.